The second kappa shape index (κ2) is 15.6. The van der Waals surface area contributed by atoms with Gasteiger partial charge in [0.15, 0.2) is 0 Å². The van der Waals surface area contributed by atoms with Gasteiger partial charge in [-0.05, 0) is 35.7 Å². The zero-order valence-corrected chi connectivity index (χ0v) is 20.8. The van der Waals surface area contributed by atoms with Crippen molar-refractivity contribution in [2.45, 2.75) is 91.1 Å². The van der Waals surface area contributed by atoms with Gasteiger partial charge in [-0.25, -0.2) is 0 Å². The fourth-order valence-corrected chi connectivity index (χ4v) is 4.29. The molecule has 0 saturated heterocycles. The van der Waals surface area contributed by atoms with Gasteiger partial charge in [0.2, 0.25) is 0 Å². The summed E-state index contributed by atoms with van der Waals surface area (Å²) in [5.41, 5.74) is 0. The van der Waals surface area contributed by atoms with Crippen molar-refractivity contribution in [2.75, 3.05) is 14.2 Å². The van der Waals surface area contributed by atoms with Crippen LogP contribution in [-0.4, -0.2) is 49.7 Å². The van der Waals surface area contributed by atoms with Crippen LogP contribution in [0.1, 0.15) is 66.7 Å². The molecule has 28 heavy (non-hydrogen) atoms. The summed E-state index contributed by atoms with van der Waals surface area (Å²) in [5, 5.41) is 9.97. The predicted octanol–water partition coefficient (Wildman–Crippen LogP) is 5.14. The van der Waals surface area contributed by atoms with Crippen LogP contribution in [0.25, 0.3) is 0 Å². The third-order valence-corrected chi connectivity index (χ3v) is 6.08. The van der Waals surface area contributed by atoms with Gasteiger partial charge in [-0.3, -0.25) is 4.79 Å². The standard InChI is InChI=1S/C22H41IO5/c1-8-18(24)14-20(26-6)15(3)10-11-19(28-21(25)9-2)17(5)22(27-7)16(4)12-13-23/h12-13,15-20,22,24H,8-11,14H2,1-7H3. The number of esters is 1. The molecule has 7 atom stereocenters. The third kappa shape index (κ3) is 10.0. The highest BCUT2D eigenvalue weighted by atomic mass is 127. The topological polar surface area (TPSA) is 65.0 Å². The van der Waals surface area contributed by atoms with E-state index in [1.54, 1.807) is 14.2 Å². The molecule has 7 unspecified atom stereocenters. The summed E-state index contributed by atoms with van der Waals surface area (Å²) in [6.45, 7) is 10.1. The Hall–Kier alpha value is -0.180. The first-order valence-electron chi connectivity index (χ1n) is 10.4. The number of aliphatic hydroxyl groups excluding tert-OH is 1. The van der Waals surface area contributed by atoms with Crippen molar-refractivity contribution in [3.8, 4) is 0 Å². The summed E-state index contributed by atoms with van der Waals surface area (Å²) in [4.78, 5) is 12.0. The minimum absolute atomic E-state index is 0.00752. The van der Waals surface area contributed by atoms with E-state index in [9.17, 15) is 9.90 Å². The van der Waals surface area contributed by atoms with Gasteiger partial charge in [-0.1, -0.05) is 63.3 Å². The Balaban J connectivity index is 5.16. The monoisotopic (exact) mass is 512 g/mol. The maximum atomic E-state index is 12.0. The van der Waals surface area contributed by atoms with E-state index in [0.717, 1.165) is 19.3 Å². The van der Waals surface area contributed by atoms with Gasteiger partial charge in [0, 0.05) is 32.5 Å². The van der Waals surface area contributed by atoms with E-state index in [0.29, 0.717) is 12.8 Å². The molecule has 0 saturated carbocycles. The van der Waals surface area contributed by atoms with E-state index in [1.807, 2.05) is 17.9 Å². The number of halogens is 1. The van der Waals surface area contributed by atoms with Gasteiger partial charge in [0.1, 0.15) is 6.10 Å². The molecule has 0 aromatic carbocycles. The van der Waals surface area contributed by atoms with E-state index < -0.39 is 0 Å². The van der Waals surface area contributed by atoms with E-state index in [4.69, 9.17) is 14.2 Å². The lowest BCUT2D eigenvalue weighted by Gasteiger charge is -2.33. The van der Waals surface area contributed by atoms with Crippen LogP contribution in [0.15, 0.2) is 10.2 Å². The lowest BCUT2D eigenvalue weighted by atomic mass is 9.84. The quantitative estimate of drug-likeness (QED) is 0.243. The van der Waals surface area contributed by atoms with Crippen molar-refractivity contribution in [3.63, 3.8) is 0 Å². The van der Waals surface area contributed by atoms with Crippen molar-refractivity contribution in [1.82, 2.24) is 0 Å². The fraction of sp³-hybridized carbons (Fsp3) is 0.864. The molecule has 0 fully saturated rings. The Labute approximate surface area is 185 Å². The number of methoxy groups -OCH3 is 2. The molecule has 0 spiro atoms. The highest BCUT2D eigenvalue weighted by molar-refractivity contribution is 14.1. The van der Waals surface area contributed by atoms with Crippen LogP contribution in [0.4, 0.5) is 0 Å². The predicted molar refractivity (Wildman–Crippen MR) is 123 cm³/mol. The zero-order valence-electron chi connectivity index (χ0n) is 18.7. The molecular weight excluding hydrogens is 471 g/mol. The van der Waals surface area contributed by atoms with E-state index in [-0.39, 0.29) is 48.1 Å². The molecule has 0 bridgehead atoms. The van der Waals surface area contributed by atoms with Gasteiger partial charge < -0.3 is 19.3 Å². The first-order valence-corrected chi connectivity index (χ1v) is 11.7. The Morgan fingerprint density at radius 3 is 2.18 bits per heavy atom. The van der Waals surface area contributed by atoms with Crippen LogP contribution >= 0.6 is 22.6 Å². The van der Waals surface area contributed by atoms with Crippen molar-refractivity contribution in [2.24, 2.45) is 17.8 Å². The Bertz CT molecular complexity index is 443. The molecule has 0 rings (SSSR count). The minimum Gasteiger partial charge on any atom is -0.462 e. The first kappa shape index (κ1) is 27.8. The molecule has 6 heteroatoms. The number of rotatable bonds is 15. The lowest BCUT2D eigenvalue weighted by molar-refractivity contribution is -0.155. The molecule has 5 nitrogen and oxygen atoms in total. The average molecular weight is 512 g/mol. The highest BCUT2D eigenvalue weighted by Crippen LogP contribution is 2.28. The maximum absolute atomic E-state index is 12.0. The summed E-state index contributed by atoms with van der Waals surface area (Å²) < 4.78 is 19.2. The molecule has 0 aliphatic heterocycles. The second-order valence-electron chi connectivity index (χ2n) is 7.75. The van der Waals surface area contributed by atoms with Gasteiger partial charge in [0.05, 0.1) is 18.3 Å². The van der Waals surface area contributed by atoms with Crippen LogP contribution in [0.2, 0.25) is 0 Å². The zero-order chi connectivity index (χ0) is 21.7. The van der Waals surface area contributed by atoms with Crippen LogP contribution < -0.4 is 0 Å². The van der Waals surface area contributed by atoms with E-state index in [2.05, 4.69) is 49.4 Å². The maximum Gasteiger partial charge on any atom is 0.305 e. The molecule has 0 radical (unpaired) electrons. The van der Waals surface area contributed by atoms with Crippen LogP contribution in [0, 0.1) is 17.8 Å². The molecule has 166 valence electrons. The third-order valence-electron chi connectivity index (χ3n) is 5.66. The van der Waals surface area contributed by atoms with Crippen molar-refractivity contribution >= 4 is 28.6 Å². The molecule has 0 aliphatic rings. The lowest BCUT2D eigenvalue weighted by Crippen LogP contribution is -2.38. The Kier molecular flexibility index (Phi) is 15.5. The summed E-state index contributed by atoms with van der Waals surface area (Å²) in [6.07, 6.45) is 4.83. The van der Waals surface area contributed by atoms with Crippen LogP contribution in [0.3, 0.4) is 0 Å². The van der Waals surface area contributed by atoms with Gasteiger partial charge in [0.25, 0.3) is 0 Å². The number of carbonyl (C=O) groups is 1. The largest absolute Gasteiger partial charge is 0.462 e. The Morgan fingerprint density at radius 1 is 1.07 bits per heavy atom. The fourth-order valence-electron chi connectivity index (χ4n) is 3.63. The van der Waals surface area contributed by atoms with Gasteiger partial charge in [-0.2, -0.15) is 0 Å². The van der Waals surface area contributed by atoms with E-state index in [1.165, 1.54) is 0 Å². The first-order chi connectivity index (χ1) is 13.2. The molecule has 0 aromatic heterocycles. The minimum atomic E-state index is -0.348. The summed E-state index contributed by atoms with van der Waals surface area (Å²) in [5.74, 6) is 0.371. The average Bonchev–Trinajstić information content (AvgIpc) is 2.68. The molecule has 1 N–H and O–H groups in total. The number of hydrogen-bond donors (Lipinski definition) is 1. The van der Waals surface area contributed by atoms with Gasteiger partial charge >= 0.3 is 5.97 Å². The van der Waals surface area contributed by atoms with Gasteiger partial charge in [-0.15, -0.1) is 0 Å². The number of aliphatic hydroxyl groups is 1. The summed E-state index contributed by atoms with van der Waals surface area (Å²) >= 11 is 2.21. The molecule has 0 heterocycles. The summed E-state index contributed by atoms with van der Waals surface area (Å²) in [6, 6.07) is 0. The smallest absolute Gasteiger partial charge is 0.305 e. The van der Waals surface area contributed by atoms with Crippen LogP contribution in [-0.2, 0) is 19.0 Å². The van der Waals surface area contributed by atoms with E-state index >= 15 is 0 Å². The van der Waals surface area contributed by atoms with Crippen LogP contribution in [0.5, 0.6) is 0 Å². The molecular formula is C22H41IO5. The van der Waals surface area contributed by atoms with Crippen molar-refractivity contribution in [3.05, 3.63) is 10.2 Å². The number of ether oxygens (including phenoxy) is 3. The Morgan fingerprint density at radius 2 is 1.71 bits per heavy atom. The van der Waals surface area contributed by atoms with Crippen molar-refractivity contribution < 1.29 is 24.1 Å². The number of hydrogen-bond acceptors (Lipinski definition) is 5. The highest BCUT2D eigenvalue weighted by Gasteiger charge is 2.32. The summed E-state index contributed by atoms with van der Waals surface area (Å²) in [7, 11) is 3.41. The molecule has 0 aliphatic carbocycles. The normalized spacial score (nSPS) is 19.6. The van der Waals surface area contributed by atoms with Crippen molar-refractivity contribution in [1.29, 1.82) is 0 Å². The second-order valence-corrected chi connectivity index (χ2v) is 8.46. The molecule has 0 aromatic rings. The number of carbonyl (C=O) groups excluding carboxylic acids is 1. The molecule has 0 amide bonds. The SMILES string of the molecule is CCC(=O)OC(CCC(C)C(CC(O)CC)OC)C(C)C(OC)C(C)C=CI.